The first-order valence-electron chi connectivity index (χ1n) is 8.31. The van der Waals surface area contributed by atoms with Crippen LogP contribution in [0.4, 0.5) is 0 Å². The van der Waals surface area contributed by atoms with Crippen molar-refractivity contribution in [1.82, 2.24) is 15.0 Å². The van der Waals surface area contributed by atoms with E-state index in [1.807, 2.05) is 13.0 Å². The van der Waals surface area contributed by atoms with Gasteiger partial charge in [-0.1, -0.05) is 11.2 Å². The lowest BCUT2D eigenvalue weighted by molar-refractivity contribution is 0.0198. The third-order valence-electron chi connectivity index (χ3n) is 4.97. The van der Waals surface area contributed by atoms with Crippen LogP contribution in [-0.4, -0.2) is 41.0 Å². The van der Waals surface area contributed by atoms with E-state index in [4.69, 9.17) is 18.7 Å². The summed E-state index contributed by atoms with van der Waals surface area (Å²) < 4.78 is 22.2. The Hall–Kier alpha value is -2.12. The maximum atomic E-state index is 6.14. The fourth-order valence-corrected chi connectivity index (χ4v) is 3.88. The standard InChI is InChI=1S/C17H19N3O4/c1-10-18-17(24-19-10)15-5-12-7-20(8-16(12)23-15)6-11-2-3-13-14(4-11)22-9-21-13/h2-4,12,15-16H,5-9H2,1H3/t12-,15-,16+/m0/s1. The number of ether oxygens (including phenoxy) is 3. The van der Waals surface area contributed by atoms with Crippen molar-refractivity contribution < 1.29 is 18.7 Å². The highest BCUT2D eigenvalue weighted by molar-refractivity contribution is 5.44. The molecule has 4 heterocycles. The van der Waals surface area contributed by atoms with Crippen molar-refractivity contribution in [1.29, 1.82) is 0 Å². The molecule has 126 valence electrons. The average molecular weight is 329 g/mol. The number of rotatable bonds is 3. The number of nitrogens with zero attached hydrogens (tertiary/aromatic N) is 3. The van der Waals surface area contributed by atoms with Gasteiger partial charge in [0.15, 0.2) is 17.3 Å². The summed E-state index contributed by atoms with van der Waals surface area (Å²) in [7, 11) is 0. The molecule has 24 heavy (non-hydrogen) atoms. The summed E-state index contributed by atoms with van der Waals surface area (Å²) in [5.41, 5.74) is 1.24. The van der Waals surface area contributed by atoms with E-state index in [9.17, 15) is 0 Å². The van der Waals surface area contributed by atoms with Crippen molar-refractivity contribution in [3.8, 4) is 11.5 Å². The quantitative estimate of drug-likeness (QED) is 0.853. The summed E-state index contributed by atoms with van der Waals surface area (Å²) in [5.74, 6) is 3.48. The molecule has 0 aliphatic carbocycles. The van der Waals surface area contributed by atoms with Gasteiger partial charge >= 0.3 is 0 Å². The topological polar surface area (TPSA) is 69.9 Å². The van der Waals surface area contributed by atoms with Crippen LogP contribution in [0.5, 0.6) is 11.5 Å². The van der Waals surface area contributed by atoms with Crippen LogP contribution >= 0.6 is 0 Å². The first-order valence-corrected chi connectivity index (χ1v) is 8.31. The Kier molecular flexibility index (Phi) is 3.24. The van der Waals surface area contributed by atoms with Crippen LogP contribution in [0.2, 0.25) is 0 Å². The van der Waals surface area contributed by atoms with E-state index in [2.05, 4.69) is 27.2 Å². The molecule has 5 rings (SSSR count). The van der Waals surface area contributed by atoms with Crippen molar-refractivity contribution in [2.24, 2.45) is 5.92 Å². The third-order valence-corrected chi connectivity index (χ3v) is 4.97. The number of aromatic nitrogens is 2. The lowest BCUT2D eigenvalue weighted by atomic mass is 10.0. The SMILES string of the molecule is Cc1noc([C@@H]2C[C@H]3CN(Cc4ccc5c(c4)OCO5)C[C@H]3O2)n1. The smallest absolute Gasteiger partial charge is 0.255 e. The number of benzene rings is 1. The summed E-state index contributed by atoms with van der Waals surface area (Å²) >= 11 is 0. The van der Waals surface area contributed by atoms with E-state index >= 15 is 0 Å². The number of fused-ring (bicyclic) bond motifs is 2. The van der Waals surface area contributed by atoms with Gasteiger partial charge in [-0.15, -0.1) is 0 Å². The Bertz CT molecular complexity index is 748. The van der Waals surface area contributed by atoms with Gasteiger partial charge in [0.05, 0.1) is 6.10 Å². The van der Waals surface area contributed by atoms with Gasteiger partial charge in [0, 0.05) is 25.6 Å². The van der Waals surface area contributed by atoms with Gasteiger partial charge in [-0.3, -0.25) is 4.90 Å². The molecule has 3 aliphatic rings. The molecule has 0 spiro atoms. The maximum Gasteiger partial charge on any atom is 0.255 e. The molecule has 1 aromatic heterocycles. The summed E-state index contributed by atoms with van der Waals surface area (Å²) in [6.07, 6.45) is 1.15. The Morgan fingerprint density at radius 1 is 1.21 bits per heavy atom. The second kappa shape index (κ2) is 5.46. The number of likely N-dealkylation sites (tertiary alicyclic amines) is 1. The van der Waals surface area contributed by atoms with Gasteiger partial charge in [0.2, 0.25) is 6.79 Å². The molecule has 0 bridgehead atoms. The minimum atomic E-state index is -0.0473. The van der Waals surface area contributed by atoms with Crippen LogP contribution in [0.1, 0.15) is 29.8 Å². The van der Waals surface area contributed by atoms with Crippen LogP contribution in [0.15, 0.2) is 22.7 Å². The van der Waals surface area contributed by atoms with Crippen LogP contribution in [0, 0.1) is 12.8 Å². The lowest BCUT2D eigenvalue weighted by Gasteiger charge is -2.18. The second-order valence-electron chi connectivity index (χ2n) is 6.72. The van der Waals surface area contributed by atoms with Crippen LogP contribution < -0.4 is 9.47 Å². The first kappa shape index (κ1) is 14.2. The van der Waals surface area contributed by atoms with Gasteiger partial charge in [-0.05, 0) is 31.0 Å². The van der Waals surface area contributed by atoms with Crippen LogP contribution in [0.3, 0.4) is 0 Å². The zero-order valence-electron chi connectivity index (χ0n) is 13.5. The molecule has 7 heteroatoms. The van der Waals surface area contributed by atoms with Crippen LogP contribution in [-0.2, 0) is 11.3 Å². The second-order valence-corrected chi connectivity index (χ2v) is 6.72. The molecule has 2 fully saturated rings. The molecule has 0 radical (unpaired) electrons. The van der Waals surface area contributed by atoms with E-state index in [-0.39, 0.29) is 12.2 Å². The first-order chi connectivity index (χ1) is 11.7. The predicted molar refractivity (Wildman–Crippen MR) is 82.6 cm³/mol. The number of aryl methyl sites for hydroxylation is 1. The molecule has 0 unspecified atom stereocenters. The zero-order chi connectivity index (χ0) is 16.1. The van der Waals surface area contributed by atoms with Crippen molar-refractivity contribution >= 4 is 0 Å². The van der Waals surface area contributed by atoms with Crippen molar-refractivity contribution in [3.63, 3.8) is 0 Å². The van der Waals surface area contributed by atoms with Crippen molar-refractivity contribution in [3.05, 3.63) is 35.5 Å². The molecule has 0 amide bonds. The molecule has 0 saturated carbocycles. The van der Waals surface area contributed by atoms with Crippen molar-refractivity contribution in [2.75, 3.05) is 19.9 Å². The van der Waals surface area contributed by atoms with Crippen LogP contribution in [0.25, 0.3) is 0 Å². The van der Waals surface area contributed by atoms with Gasteiger partial charge in [-0.25, -0.2) is 0 Å². The highest BCUT2D eigenvalue weighted by Gasteiger charge is 2.44. The monoisotopic (exact) mass is 329 g/mol. The minimum absolute atomic E-state index is 0.0473. The summed E-state index contributed by atoms with van der Waals surface area (Å²) in [6.45, 7) is 5.01. The Morgan fingerprint density at radius 3 is 2.96 bits per heavy atom. The number of hydrogen-bond donors (Lipinski definition) is 0. The number of hydrogen-bond acceptors (Lipinski definition) is 7. The van der Waals surface area contributed by atoms with E-state index in [1.165, 1.54) is 5.56 Å². The van der Waals surface area contributed by atoms with Gasteiger partial charge in [-0.2, -0.15) is 4.98 Å². The fourth-order valence-electron chi connectivity index (χ4n) is 3.88. The summed E-state index contributed by atoms with van der Waals surface area (Å²) in [5, 5.41) is 3.86. The molecule has 1 aromatic carbocycles. The molecular weight excluding hydrogens is 310 g/mol. The lowest BCUT2D eigenvalue weighted by Crippen LogP contribution is -2.23. The third kappa shape index (κ3) is 2.44. The molecule has 3 aliphatic heterocycles. The van der Waals surface area contributed by atoms with Gasteiger partial charge in [0.25, 0.3) is 5.89 Å². The maximum absolute atomic E-state index is 6.14. The predicted octanol–water partition coefficient (Wildman–Crippen LogP) is 2.07. The Morgan fingerprint density at radius 2 is 2.12 bits per heavy atom. The average Bonchev–Trinajstić information content (AvgIpc) is 3.29. The Balaban J connectivity index is 1.22. The zero-order valence-corrected chi connectivity index (χ0v) is 13.5. The van der Waals surface area contributed by atoms with Crippen molar-refractivity contribution in [2.45, 2.75) is 32.1 Å². The highest BCUT2D eigenvalue weighted by atomic mass is 16.7. The van der Waals surface area contributed by atoms with E-state index in [0.717, 1.165) is 37.6 Å². The largest absolute Gasteiger partial charge is 0.454 e. The van der Waals surface area contributed by atoms with E-state index < -0.39 is 0 Å². The van der Waals surface area contributed by atoms with E-state index in [0.29, 0.717) is 24.4 Å². The Labute approximate surface area is 139 Å². The highest BCUT2D eigenvalue weighted by Crippen LogP contribution is 2.41. The van der Waals surface area contributed by atoms with E-state index in [1.54, 1.807) is 0 Å². The fraction of sp³-hybridized carbons (Fsp3) is 0.529. The summed E-state index contributed by atoms with van der Waals surface area (Å²) in [4.78, 5) is 6.73. The van der Waals surface area contributed by atoms with Gasteiger partial charge < -0.3 is 18.7 Å². The molecule has 0 N–H and O–H groups in total. The molecule has 2 saturated heterocycles. The molecule has 2 aromatic rings. The minimum Gasteiger partial charge on any atom is -0.454 e. The summed E-state index contributed by atoms with van der Waals surface area (Å²) in [6, 6.07) is 6.16. The molecule has 7 nitrogen and oxygen atoms in total. The van der Waals surface area contributed by atoms with Gasteiger partial charge in [0.1, 0.15) is 6.10 Å². The molecule has 3 atom stereocenters. The molecular formula is C17H19N3O4. The normalized spacial score (nSPS) is 28.5.